The lowest BCUT2D eigenvalue weighted by molar-refractivity contribution is -0.155. The van der Waals surface area contributed by atoms with Crippen molar-refractivity contribution in [1.29, 1.82) is 5.26 Å². The number of rotatable bonds is 5. The van der Waals surface area contributed by atoms with Crippen molar-refractivity contribution < 1.29 is 9.90 Å². The third-order valence-corrected chi connectivity index (χ3v) is 5.20. The van der Waals surface area contributed by atoms with Gasteiger partial charge in [-0.05, 0) is 54.7 Å². The number of nitriles is 1. The van der Waals surface area contributed by atoms with E-state index in [4.69, 9.17) is 5.26 Å². The molecule has 24 heavy (non-hydrogen) atoms. The number of carbonyl (C=O) groups excluding carboxylic acids is 1. The lowest BCUT2D eigenvalue weighted by atomic mass is 9.66. The highest BCUT2D eigenvalue weighted by Crippen LogP contribution is 2.41. The van der Waals surface area contributed by atoms with Gasteiger partial charge in [0.2, 0.25) is 0 Å². The topological polar surface area (TPSA) is 73.1 Å². The summed E-state index contributed by atoms with van der Waals surface area (Å²) in [5, 5.41) is 22.9. The van der Waals surface area contributed by atoms with E-state index in [1.54, 1.807) is 6.07 Å². The van der Waals surface area contributed by atoms with Crippen LogP contribution in [0, 0.1) is 29.1 Å². The molecule has 0 aromatic heterocycles. The third kappa shape index (κ3) is 4.15. The Morgan fingerprint density at radius 2 is 2.21 bits per heavy atom. The van der Waals surface area contributed by atoms with Crippen molar-refractivity contribution in [3.63, 3.8) is 0 Å². The van der Waals surface area contributed by atoms with E-state index in [2.05, 4.69) is 32.2 Å². The average Bonchev–Trinajstić information content (AvgIpc) is 2.54. The molecule has 2 N–H and O–H groups in total. The molecular formula is C20H28N2O2. The summed E-state index contributed by atoms with van der Waals surface area (Å²) in [7, 11) is 0. The molecule has 1 aromatic carbocycles. The highest BCUT2D eigenvalue weighted by atomic mass is 16.3. The zero-order valence-corrected chi connectivity index (χ0v) is 14.9. The molecule has 1 aliphatic carbocycles. The Morgan fingerprint density at radius 3 is 2.88 bits per heavy atom. The smallest absolute Gasteiger partial charge is 0.252 e. The molecule has 1 aromatic rings. The first kappa shape index (κ1) is 18.5. The van der Waals surface area contributed by atoms with Crippen LogP contribution in [-0.4, -0.2) is 23.2 Å². The molecular weight excluding hydrogens is 300 g/mol. The highest BCUT2D eigenvalue weighted by molar-refractivity contribution is 5.85. The van der Waals surface area contributed by atoms with Crippen LogP contribution in [0.2, 0.25) is 0 Å². The zero-order valence-electron chi connectivity index (χ0n) is 14.9. The lowest BCUT2D eigenvalue weighted by Gasteiger charge is -2.43. The van der Waals surface area contributed by atoms with Gasteiger partial charge >= 0.3 is 0 Å². The Bertz CT molecular complexity index is 620. The average molecular weight is 328 g/mol. The Balaban J connectivity index is 1.98. The van der Waals surface area contributed by atoms with Crippen molar-refractivity contribution in [2.24, 2.45) is 17.8 Å². The first-order chi connectivity index (χ1) is 11.4. The molecule has 0 radical (unpaired) electrons. The van der Waals surface area contributed by atoms with Gasteiger partial charge in [-0.25, -0.2) is 0 Å². The molecule has 1 aliphatic rings. The van der Waals surface area contributed by atoms with Crippen LogP contribution in [0.25, 0.3) is 0 Å². The fourth-order valence-electron chi connectivity index (χ4n) is 3.90. The van der Waals surface area contributed by atoms with Gasteiger partial charge in [0, 0.05) is 6.54 Å². The van der Waals surface area contributed by atoms with E-state index in [0.29, 0.717) is 30.9 Å². The van der Waals surface area contributed by atoms with Gasteiger partial charge < -0.3 is 10.4 Å². The Hall–Kier alpha value is -1.86. The van der Waals surface area contributed by atoms with Crippen molar-refractivity contribution in [2.45, 2.75) is 52.1 Å². The van der Waals surface area contributed by atoms with Crippen LogP contribution in [0.3, 0.4) is 0 Å². The van der Waals surface area contributed by atoms with Crippen LogP contribution in [-0.2, 0) is 11.2 Å². The summed E-state index contributed by atoms with van der Waals surface area (Å²) >= 11 is 0. The van der Waals surface area contributed by atoms with Crippen molar-refractivity contribution in [3.05, 3.63) is 35.4 Å². The first-order valence-corrected chi connectivity index (χ1v) is 8.86. The van der Waals surface area contributed by atoms with E-state index in [1.807, 2.05) is 18.2 Å². The Morgan fingerprint density at radius 1 is 1.46 bits per heavy atom. The van der Waals surface area contributed by atoms with Crippen LogP contribution in [0.4, 0.5) is 0 Å². The Kier molecular flexibility index (Phi) is 6.01. The van der Waals surface area contributed by atoms with Gasteiger partial charge in [0.25, 0.3) is 5.91 Å². The monoisotopic (exact) mass is 328 g/mol. The molecule has 4 nitrogen and oxygen atoms in total. The second-order valence-corrected chi connectivity index (χ2v) is 7.48. The minimum Gasteiger partial charge on any atom is -0.380 e. The molecule has 1 fully saturated rings. The van der Waals surface area contributed by atoms with E-state index < -0.39 is 5.60 Å². The zero-order chi connectivity index (χ0) is 17.7. The number of carbonyl (C=O) groups is 1. The minimum absolute atomic E-state index is 0.00983. The molecule has 130 valence electrons. The lowest BCUT2D eigenvalue weighted by Crippen LogP contribution is -2.56. The van der Waals surface area contributed by atoms with E-state index in [-0.39, 0.29) is 17.7 Å². The number of hydrogen-bond acceptors (Lipinski definition) is 3. The molecule has 0 bridgehead atoms. The molecule has 3 atom stereocenters. The summed E-state index contributed by atoms with van der Waals surface area (Å²) in [5.74, 6) is 0.406. The molecule has 4 heteroatoms. The number of hydrogen-bond donors (Lipinski definition) is 2. The molecule has 1 amide bonds. The van der Waals surface area contributed by atoms with Crippen molar-refractivity contribution in [3.8, 4) is 6.07 Å². The van der Waals surface area contributed by atoms with Gasteiger partial charge in [-0.2, -0.15) is 5.26 Å². The fourth-order valence-corrected chi connectivity index (χ4v) is 3.90. The van der Waals surface area contributed by atoms with Gasteiger partial charge in [0.1, 0.15) is 5.60 Å². The summed E-state index contributed by atoms with van der Waals surface area (Å²) in [4.78, 5) is 12.7. The van der Waals surface area contributed by atoms with E-state index >= 15 is 0 Å². The van der Waals surface area contributed by atoms with E-state index in [9.17, 15) is 9.90 Å². The maximum Gasteiger partial charge on any atom is 0.252 e. The van der Waals surface area contributed by atoms with Gasteiger partial charge in [0.15, 0.2) is 0 Å². The summed E-state index contributed by atoms with van der Waals surface area (Å²) in [5.41, 5.74) is 0.373. The minimum atomic E-state index is -1.26. The van der Waals surface area contributed by atoms with Crippen LogP contribution < -0.4 is 5.32 Å². The third-order valence-electron chi connectivity index (χ3n) is 5.20. The molecule has 0 saturated heterocycles. The second-order valence-electron chi connectivity index (χ2n) is 7.48. The van der Waals surface area contributed by atoms with Crippen molar-refractivity contribution in [2.75, 3.05) is 6.54 Å². The summed E-state index contributed by atoms with van der Waals surface area (Å²) in [6, 6.07) is 9.51. The molecule has 0 spiro atoms. The first-order valence-electron chi connectivity index (χ1n) is 8.86. The number of aliphatic hydroxyl groups is 1. The van der Waals surface area contributed by atoms with Gasteiger partial charge in [-0.1, -0.05) is 39.3 Å². The van der Waals surface area contributed by atoms with Gasteiger partial charge in [-0.15, -0.1) is 0 Å². The molecule has 0 heterocycles. The summed E-state index contributed by atoms with van der Waals surface area (Å²) in [6.07, 6.45) is 3.15. The quantitative estimate of drug-likeness (QED) is 0.872. The van der Waals surface area contributed by atoms with Crippen LogP contribution in [0.15, 0.2) is 24.3 Å². The number of nitrogens with zero attached hydrogens (tertiary/aromatic N) is 1. The molecule has 0 aliphatic heterocycles. The van der Waals surface area contributed by atoms with Crippen LogP contribution in [0.5, 0.6) is 0 Å². The number of benzene rings is 1. The molecule has 2 rings (SSSR count). The molecule has 2 unspecified atom stereocenters. The highest BCUT2D eigenvalue weighted by Gasteiger charge is 2.48. The largest absolute Gasteiger partial charge is 0.380 e. The van der Waals surface area contributed by atoms with Gasteiger partial charge in [-0.3, -0.25) is 4.79 Å². The SMILES string of the molecule is CC1CCC(C(C)C)[C@@](O)(C(=O)NCCc2cccc(C#N)c2)C1. The maximum atomic E-state index is 12.7. The summed E-state index contributed by atoms with van der Waals surface area (Å²) in [6.45, 7) is 6.72. The summed E-state index contributed by atoms with van der Waals surface area (Å²) < 4.78 is 0. The van der Waals surface area contributed by atoms with E-state index in [1.165, 1.54) is 0 Å². The number of nitrogens with one attached hydrogen (secondary N) is 1. The predicted octanol–water partition coefficient (Wildman–Crippen LogP) is 3.04. The van der Waals surface area contributed by atoms with Crippen molar-refractivity contribution in [1.82, 2.24) is 5.32 Å². The predicted molar refractivity (Wildman–Crippen MR) is 94.2 cm³/mol. The van der Waals surface area contributed by atoms with Crippen LogP contribution in [0.1, 0.15) is 51.2 Å². The van der Waals surface area contributed by atoms with Crippen LogP contribution >= 0.6 is 0 Å². The van der Waals surface area contributed by atoms with Gasteiger partial charge in [0.05, 0.1) is 11.6 Å². The number of amides is 1. The molecule has 1 saturated carbocycles. The normalized spacial score (nSPS) is 26.8. The fraction of sp³-hybridized carbons (Fsp3) is 0.600. The maximum absolute atomic E-state index is 12.7. The van der Waals surface area contributed by atoms with E-state index in [0.717, 1.165) is 18.4 Å². The second kappa shape index (κ2) is 7.81. The van der Waals surface area contributed by atoms with Crippen molar-refractivity contribution >= 4 is 5.91 Å². The standard InChI is InChI=1S/C20H28N2O2/c1-14(2)18-8-7-15(3)12-20(18,24)19(23)22-10-9-16-5-4-6-17(11-16)13-21/h4-6,11,14-15,18,24H,7-10,12H2,1-3H3,(H,22,23)/t15?,18?,20-/m1/s1. The Labute approximate surface area is 144 Å².